The van der Waals surface area contributed by atoms with E-state index >= 15 is 0 Å². The van der Waals surface area contributed by atoms with E-state index in [-0.39, 0.29) is 12.5 Å². The number of carbonyl (C=O) groups is 1. The van der Waals surface area contributed by atoms with Gasteiger partial charge in [-0.1, -0.05) is 36.4 Å². The average molecular weight is 283 g/mol. The standard InChI is InChI=1S/C15H17N5O/c16-14(17)20(11-13-8-4-5-9-18-13)15(21)19-10-12-6-2-1-3-7-12/h1-9H,10-11H2,(H3,16,17)(H,19,21). The zero-order valence-electron chi connectivity index (χ0n) is 11.5. The zero-order chi connectivity index (χ0) is 15.1. The summed E-state index contributed by atoms with van der Waals surface area (Å²) in [6.07, 6.45) is 1.63. The molecule has 0 aliphatic rings. The van der Waals surface area contributed by atoms with Gasteiger partial charge < -0.3 is 11.1 Å². The number of carbonyl (C=O) groups excluding carboxylic acids is 1. The molecule has 0 radical (unpaired) electrons. The molecule has 0 saturated heterocycles. The highest BCUT2D eigenvalue weighted by Crippen LogP contribution is 2.02. The first-order valence-electron chi connectivity index (χ1n) is 6.50. The van der Waals surface area contributed by atoms with Crippen LogP contribution in [0.25, 0.3) is 0 Å². The third kappa shape index (κ3) is 4.31. The molecule has 0 saturated carbocycles. The number of pyridine rings is 1. The number of amides is 2. The Morgan fingerprint density at radius 1 is 1.19 bits per heavy atom. The molecular formula is C15H17N5O. The molecular weight excluding hydrogens is 266 g/mol. The van der Waals surface area contributed by atoms with Crippen molar-refractivity contribution in [3.63, 3.8) is 0 Å². The summed E-state index contributed by atoms with van der Waals surface area (Å²) in [5, 5.41) is 10.3. The number of hydrogen-bond donors (Lipinski definition) is 3. The molecule has 2 aromatic rings. The van der Waals surface area contributed by atoms with Crippen molar-refractivity contribution in [1.82, 2.24) is 15.2 Å². The van der Waals surface area contributed by atoms with E-state index in [1.54, 1.807) is 18.3 Å². The normalized spacial score (nSPS) is 9.90. The van der Waals surface area contributed by atoms with E-state index in [1.807, 2.05) is 36.4 Å². The molecule has 4 N–H and O–H groups in total. The zero-order valence-corrected chi connectivity index (χ0v) is 11.5. The van der Waals surface area contributed by atoms with Crippen molar-refractivity contribution < 1.29 is 4.79 Å². The Labute approximate surface area is 123 Å². The minimum Gasteiger partial charge on any atom is -0.370 e. The fourth-order valence-electron chi connectivity index (χ4n) is 1.79. The summed E-state index contributed by atoms with van der Waals surface area (Å²) in [7, 11) is 0. The molecule has 2 rings (SSSR count). The van der Waals surface area contributed by atoms with Crippen LogP contribution in [-0.2, 0) is 13.1 Å². The van der Waals surface area contributed by atoms with E-state index in [4.69, 9.17) is 11.1 Å². The minimum absolute atomic E-state index is 0.163. The molecule has 21 heavy (non-hydrogen) atoms. The molecule has 0 aliphatic carbocycles. The molecule has 2 amide bonds. The third-order valence-corrected chi connectivity index (χ3v) is 2.87. The fraction of sp³-hybridized carbons (Fsp3) is 0.133. The van der Waals surface area contributed by atoms with Crippen LogP contribution in [0.5, 0.6) is 0 Å². The molecule has 0 unspecified atom stereocenters. The Balaban J connectivity index is 1.98. The molecule has 0 aliphatic heterocycles. The van der Waals surface area contributed by atoms with Crippen molar-refractivity contribution in [2.24, 2.45) is 5.73 Å². The molecule has 1 heterocycles. The highest BCUT2D eigenvalue weighted by atomic mass is 16.2. The van der Waals surface area contributed by atoms with E-state index < -0.39 is 6.03 Å². The predicted octanol–water partition coefficient (Wildman–Crippen LogP) is 1.69. The largest absolute Gasteiger partial charge is 0.370 e. The second kappa shape index (κ2) is 7.04. The molecule has 0 fully saturated rings. The topological polar surface area (TPSA) is 95.1 Å². The summed E-state index contributed by atoms with van der Waals surface area (Å²) in [6.45, 7) is 0.544. The van der Waals surface area contributed by atoms with Crippen LogP contribution in [0.3, 0.4) is 0 Å². The maximum Gasteiger partial charge on any atom is 0.324 e. The second-order valence-electron chi connectivity index (χ2n) is 4.44. The van der Waals surface area contributed by atoms with Crippen molar-refractivity contribution in [1.29, 1.82) is 5.41 Å². The van der Waals surface area contributed by atoms with Gasteiger partial charge in [-0.2, -0.15) is 0 Å². The number of hydrogen-bond acceptors (Lipinski definition) is 3. The first kappa shape index (κ1) is 14.5. The van der Waals surface area contributed by atoms with Gasteiger partial charge in [-0.25, -0.2) is 4.79 Å². The maximum atomic E-state index is 12.1. The van der Waals surface area contributed by atoms with Crippen LogP contribution in [0.2, 0.25) is 0 Å². The molecule has 0 atom stereocenters. The molecule has 6 nitrogen and oxygen atoms in total. The number of nitrogens with one attached hydrogen (secondary N) is 2. The van der Waals surface area contributed by atoms with Crippen LogP contribution in [0.15, 0.2) is 54.7 Å². The van der Waals surface area contributed by atoms with Gasteiger partial charge in [0.15, 0.2) is 5.96 Å². The molecule has 1 aromatic heterocycles. The van der Waals surface area contributed by atoms with Crippen molar-refractivity contribution >= 4 is 12.0 Å². The first-order chi connectivity index (χ1) is 10.2. The van der Waals surface area contributed by atoms with Crippen molar-refractivity contribution in [3.05, 3.63) is 66.0 Å². The van der Waals surface area contributed by atoms with Crippen LogP contribution >= 0.6 is 0 Å². The lowest BCUT2D eigenvalue weighted by molar-refractivity contribution is 0.218. The average Bonchev–Trinajstić information content (AvgIpc) is 2.52. The number of benzene rings is 1. The number of aromatic nitrogens is 1. The van der Waals surface area contributed by atoms with E-state index in [1.165, 1.54) is 0 Å². The Kier molecular flexibility index (Phi) is 4.87. The summed E-state index contributed by atoms with van der Waals surface area (Å²) in [5.74, 6) is -0.314. The summed E-state index contributed by atoms with van der Waals surface area (Å²) in [5.41, 5.74) is 7.12. The van der Waals surface area contributed by atoms with Crippen LogP contribution in [0, 0.1) is 5.41 Å². The lowest BCUT2D eigenvalue weighted by Gasteiger charge is -2.20. The maximum absolute atomic E-state index is 12.1. The lowest BCUT2D eigenvalue weighted by Crippen LogP contribution is -2.46. The first-order valence-corrected chi connectivity index (χ1v) is 6.50. The summed E-state index contributed by atoms with van der Waals surface area (Å²) >= 11 is 0. The summed E-state index contributed by atoms with van der Waals surface area (Å²) in [4.78, 5) is 17.4. The molecule has 6 heteroatoms. The van der Waals surface area contributed by atoms with Crippen LogP contribution < -0.4 is 11.1 Å². The Morgan fingerprint density at radius 3 is 2.52 bits per heavy atom. The minimum atomic E-state index is -0.419. The molecule has 0 spiro atoms. The van der Waals surface area contributed by atoms with Crippen molar-refractivity contribution in [3.8, 4) is 0 Å². The van der Waals surface area contributed by atoms with E-state index in [0.29, 0.717) is 12.2 Å². The SMILES string of the molecule is N=C(N)N(Cc1ccccn1)C(=O)NCc1ccccc1. The van der Waals surface area contributed by atoms with Gasteiger partial charge in [0, 0.05) is 12.7 Å². The van der Waals surface area contributed by atoms with E-state index in [9.17, 15) is 4.79 Å². The third-order valence-electron chi connectivity index (χ3n) is 2.87. The highest BCUT2D eigenvalue weighted by molar-refractivity contribution is 5.93. The quantitative estimate of drug-likeness (QED) is 0.588. The smallest absolute Gasteiger partial charge is 0.324 e. The Hall–Kier alpha value is -2.89. The number of rotatable bonds is 4. The van der Waals surface area contributed by atoms with Crippen LogP contribution in [0.4, 0.5) is 4.79 Å². The van der Waals surface area contributed by atoms with Gasteiger partial charge in [-0.05, 0) is 17.7 Å². The van der Waals surface area contributed by atoms with Crippen molar-refractivity contribution in [2.75, 3.05) is 0 Å². The molecule has 1 aromatic carbocycles. The highest BCUT2D eigenvalue weighted by Gasteiger charge is 2.16. The van der Waals surface area contributed by atoms with E-state index in [2.05, 4.69) is 10.3 Å². The molecule has 0 bridgehead atoms. The van der Waals surface area contributed by atoms with Crippen LogP contribution in [0.1, 0.15) is 11.3 Å². The van der Waals surface area contributed by atoms with Gasteiger partial charge in [-0.15, -0.1) is 0 Å². The van der Waals surface area contributed by atoms with Gasteiger partial charge in [0.25, 0.3) is 0 Å². The number of urea groups is 1. The monoisotopic (exact) mass is 283 g/mol. The number of nitrogens with zero attached hydrogens (tertiary/aromatic N) is 2. The summed E-state index contributed by atoms with van der Waals surface area (Å²) < 4.78 is 0. The Morgan fingerprint density at radius 2 is 1.90 bits per heavy atom. The fourth-order valence-corrected chi connectivity index (χ4v) is 1.79. The Bertz CT molecular complexity index is 600. The number of guanidine groups is 1. The van der Waals surface area contributed by atoms with Crippen molar-refractivity contribution in [2.45, 2.75) is 13.1 Å². The van der Waals surface area contributed by atoms with Gasteiger partial charge in [-0.3, -0.25) is 15.3 Å². The summed E-state index contributed by atoms with van der Waals surface area (Å²) in [6, 6.07) is 14.5. The van der Waals surface area contributed by atoms with Gasteiger partial charge >= 0.3 is 6.03 Å². The number of nitrogens with two attached hydrogens (primary N) is 1. The second-order valence-corrected chi connectivity index (χ2v) is 4.44. The van der Waals surface area contributed by atoms with Gasteiger partial charge in [0.05, 0.1) is 12.2 Å². The van der Waals surface area contributed by atoms with E-state index in [0.717, 1.165) is 10.5 Å². The van der Waals surface area contributed by atoms with Crippen LogP contribution in [-0.4, -0.2) is 21.9 Å². The van der Waals surface area contributed by atoms with Gasteiger partial charge in [0.2, 0.25) is 0 Å². The predicted molar refractivity (Wildman–Crippen MR) is 80.4 cm³/mol. The molecule has 108 valence electrons. The van der Waals surface area contributed by atoms with Gasteiger partial charge in [0.1, 0.15) is 0 Å². The lowest BCUT2D eigenvalue weighted by atomic mass is 10.2.